The van der Waals surface area contributed by atoms with Gasteiger partial charge in [0.15, 0.2) is 0 Å². The Kier molecular flexibility index (Phi) is 3.93. The number of nitrogens with zero attached hydrogens (tertiary/aromatic N) is 2. The third-order valence-electron chi connectivity index (χ3n) is 2.68. The zero-order valence-electron chi connectivity index (χ0n) is 9.98. The lowest BCUT2D eigenvalue weighted by Crippen LogP contribution is -2.38. The lowest BCUT2D eigenvalue weighted by atomic mass is 10.2. The summed E-state index contributed by atoms with van der Waals surface area (Å²) in [5, 5.41) is 2.80. The first-order valence-corrected chi connectivity index (χ1v) is 5.89. The summed E-state index contributed by atoms with van der Waals surface area (Å²) in [6, 6.07) is 3.59. The number of hydrogen-bond donors (Lipinski definition) is 1. The predicted molar refractivity (Wildman–Crippen MR) is 65.3 cm³/mol. The maximum Gasteiger partial charge on any atom is 0.255 e. The van der Waals surface area contributed by atoms with Crippen LogP contribution < -0.4 is 10.2 Å². The molecule has 0 spiro atoms. The molecule has 5 heteroatoms. The maximum absolute atomic E-state index is 11.9. The van der Waals surface area contributed by atoms with E-state index in [1.807, 2.05) is 13.0 Å². The van der Waals surface area contributed by atoms with Crippen LogP contribution in [0.5, 0.6) is 0 Å². The van der Waals surface area contributed by atoms with Crippen molar-refractivity contribution in [3.05, 3.63) is 23.9 Å². The van der Waals surface area contributed by atoms with Crippen LogP contribution in [0.1, 0.15) is 17.3 Å². The molecule has 0 saturated carbocycles. The van der Waals surface area contributed by atoms with Crippen LogP contribution in [0.4, 0.5) is 5.82 Å². The lowest BCUT2D eigenvalue weighted by Gasteiger charge is -2.29. The molecule has 0 aromatic carbocycles. The van der Waals surface area contributed by atoms with Gasteiger partial charge in [0, 0.05) is 25.8 Å². The Balaban J connectivity index is 2.23. The van der Waals surface area contributed by atoms with Gasteiger partial charge in [-0.1, -0.05) is 0 Å². The summed E-state index contributed by atoms with van der Waals surface area (Å²) in [6.45, 7) is 5.46. The summed E-state index contributed by atoms with van der Waals surface area (Å²) >= 11 is 0. The highest BCUT2D eigenvalue weighted by Gasteiger charge is 2.19. The van der Waals surface area contributed by atoms with Gasteiger partial charge in [0.05, 0.1) is 18.8 Å². The van der Waals surface area contributed by atoms with Crippen molar-refractivity contribution < 1.29 is 9.53 Å². The average molecular weight is 235 g/mol. The highest BCUT2D eigenvalue weighted by atomic mass is 16.5. The van der Waals surface area contributed by atoms with Crippen molar-refractivity contribution in [2.75, 3.05) is 37.7 Å². The van der Waals surface area contributed by atoms with Crippen molar-refractivity contribution in [3.8, 4) is 0 Å². The second-order valence-electron chi connectivity index (χ2n) is 3.83. The number of ether oxygens (including phenoxy) is 1. The number of hydrogen-bond acceptors (Lipinski definition) is 4. The van der Waals surface area contributed by atoms with Gasteiger partial charge in [-0.2, -0.15) is 0 Å². The van der Waals surface area contributed by atoms with E-state index in [0.29, 0.717) is 25.3 Å². The zero-order valence-corrected chi connectivity index (χ0v) is 9.98. The van der Waals surface area contributed by atoms with Crippen LogP contribution >= 0.6 is 0 Å². The second kappa shape index (κ2) is 5.63. The standard InChI is InChI=1S/C12H17N3O2/c1-2-13-12(16)10-4-3-5-14-11(10)15-6-8-17-9-7-15/h3-5H,2,6-9H2,1H3,(H,13,16). The van der Waals surface area contributed by atoms with E-state index >= 15 is 0 Å². The summed E-state index contributed by atoms with van der Waals surface area (Å²) in [4.78, 5) is 18.3. The SMILES string of the molecule is CCNC(=O)c1cccnc1N1CCOCC1. The van der Waals surface area contributed by atoms with E-state index < -0.39 is 0 Å². The molecular formula is C12H17N3O2. The molecule has 1 aromatic heterocycles. The monoisotopic (exact) mass is 235 g/mol. The van der Waals surface area contributed by atoms with Crippen molar-refractivity contribution in [2.24, 2.45) is 0 Å². The minimum Gasteiger partial charge on any atom is -0.378 e. The Labute approximate surface area is 101 Å². The molecule has 1 saturated heterocycles. The number of rotatable bonds is 3. The minimum atomic E-state index is -0.0675. The lowest BCUT2D eigenvalue weighted by molar-refractivity contribution is 0.0954. The summed E-state index contributed by atoms with van der Waals surface area (Å²) < 4.78 is 5.30. The number of carbonyl (C=O) groups is 1. The third-order valence-corrected chi connectivity index (χ3v) is 2.68. The van der Waals surface area contributed by atoms with Gasteiger partial charge >= 0.3 is 0 Å². The molecule has 1 amide bonds. The maximum atomic E-state index is 11.9. The number of pyridine rings is 1. The van der Waals surface area contributed by atoms with Crippen LogP contribution in [0, 0.1) is 0 Å². The van der Waals surface area contributed by atoms with Crippen molar-refractivity contribution in [1.29, 1.82) is 0 Å². The van der Waals surface area contributed by atoms with Gasteiger partial charge in [-0.25, -0.2) is 4.98 Å². The van der Waals surface area contributed by atoms with E-state index in [2.05, 4.69) is 15.2 Å². The second-order valence-corrected chi connectivity index (χ2v) is 3.83. The number of morpholine rings is 1. The summed E-state index contributed by atoms with van der Waals surface area (Å²) in [5.74, 6) is 0.684. The van der Waals surface area contributed by atoms with Crippen molar-refractivity contribution in [3.63, 3.8) is 0 Å². The molecular weight excluding hydrogens is 218 g/mol. The highest BCUT2D eigenvalue weighted by Crippen LogP contribution is 2.18. The summed E-state index contributed by atoms with van der Waals surface area (Å²) in [7, 11) is 0. The van der Waals surface area contributed by atoms with Gasteiger partial charge in [-0.3, -0.25) is 4.79 Å². The number of aromatic nitrogens is 1. The van der Waals surface area contributed by atoms with Gasteiger partial charge in [0.25, 0.3) is 5.91 Å². The van der Waals surface area contributed by atoms with Crippen molar-refractivity contribution in [2.45, 2.75) is 6.92 Å². The number of anilines is 1. The van der Waals surface area contributed by atoms with Crippen molar-refractivity contribution >= 4 is 11.7 Å². The largest absolute Gasteiger partial charge is 0.378 e. The highest BCUT2D eigenvalue weighted by molar-refractivity contribution is 5.98. The van der Waals surface area contributed by atoms with Crippen molar-refractivity contribution in [1.82, 2.24) is 10.3 Å². The molecule has 0 radical (unpaired) electrons. The number of nitrogens with one attached hydrogen (secondary N) is 1. The first-order chi connectivity index (χ1) is 8.33. The summed E-state index contributed by atoms with van der Waals surface area (Å²) in [5.41, 5.74) is 0.635. The fourth-order valence-electron chi connectivity index (χ4n) is 1.86. The van der Waals surface area contributed by atoms with Crippen LogP contribution in [-0.4, -0.2) is 43.7 Å². The topological polar surface area (TPSA) is 54.5 Å². The summed E-state index contributed by atoms with van der Waals surface area (Å²) in [6.07, 6.45) is 1.72. The molecule has 0 atom stereocenters. The minimum absolute atomic E-state index is 0.0675. The number of amides is 1. The fourth-order valence-corrected chi connectivity index (χ4v) is 1.86. The Hall–Kier alpha value is -1.62. The normalized spacial score (nSPS) is 15.7. The van der Waals surface area contributed by atoms with Crippen LogP contribution in [0.3, 0.4) is 0 Å². The van der Waals surface area contributed by atoms with Gasteiger partial charge in [0.1, 0.15) is 5.82 Å². The molecule has 92 valence electrons. The van der Waals surface area contributed by atoms with Gasteiger partial charge < -0.3 is 15.0 Å². The van der Waals surface area contributed by atoms with E-state index in [0.717, 1.165) is 18.9 Å². The molecule has 1 aromatic rings. The fraction of sp³-hybridized carbons (Fsp3) is 0.500. The van der Waals surface area contributed by atoms with Crippen LogP contribution in [0.2, 0.25) is 0 Å². The van der Waals surface area contributed by atoms with Gasteiger partial charge in [-0.15, -0.1) is 0 Å². The third kappa shape index (κ3) is 2.74. The first-order valence-electron chi connectivity index (χ1n) is 5.89. The molecule has 2 rings (SSSR count). The first kappa shape index (κ1) is 11.9. The van der Waals surface area contributed by atoms with E-state index in [9.17, 15) is 4.79 Å². The Morgan fingerprint density at radius 3 is 3.00 bits per heavy atom. The van der Waals surface area contributed by atoms with E-state index in [4.69, 9.17) is 4.74 Å². The average Bonchev–Trinajstić information content (AvgIpc) is 2.40. The Bertz CT molecular complexity index is 389. The van der Waals surface area contributed by atoms with E-state index in [1.54, 1.807) is 12.3 Å². The van der Waals surface area contributed by atoms with Crippen LogP contribution in [0.15, 0.2) is 18.3 Å². The van der Waals surface area contributed by atoms with E-state index in [1.165, 1.54) is 0 Å². The number of carbonyl (C=O) groups excluding carboxylic acids is 1. The van der Waals surface area contributed by atoms with Gasteiger partial charge in [0.2, 0.25) is 0 Å². The van der Waals surface area contributed by atoms with Crippen LogP contribution in [0.25, 0.3) is 0 Å². The molecule has 5 nitrogen and oxygen atoms in total. The molecule has 0 unspecified atom stereocenters. The molecule has 2 heterocycles. The molecule has 1 N–H and O–H groups in total. The molecule has 1 aliphatic rings. The quantitative estimate of drug-likeness (QED) is 0.836. The van der Waals surface area contributed by atoms with Crippen LogP contribution in [-0.2, 0) is 4.74 Å². The Morgan fingerprint density at radius 1 is 1.53 bits per heavy atom. The Morgan fingerprint density at radius 2 is 2.29 bits per heavy atom. The van der Waals surface area contributed by atoms with Gasteiger partial charge in [-0.05, 0) is 19.1 Å². The zero-order chi connectivity index (χ0) is 12.1. The smallest absolute Gasteiger partial charge is 0.255 e. The van der Waals surface area contributed by atoms with E-state index in [-0.39, 0.29) is 5.91 Å². The molecule has 0 bridgehead atoms. The molecule has 0 aliphatic carbocycles. The molecule has 1 fully saturated rings. The molecule has 1 aliphatic heterocycles. The predicted octanol–water partition coefficient (Wildman–Crippen LogP) is 0.668. The molecule has 17 heavy (non-hydrogen) atoms.